The molecule has 0 spiro atoms. The molecule has 0 fully saturated rings. The number of hydrogen-bond acceptors (Lipinski definition) is 5. The molecule has 1 heterocycles. The minimum absolute atomic E-state index is 0.253. The maximum atomic E-state index is 12.9. The van der Waals surface area contributed by atoms with Crippen molar-refractivity contribution >= 4 is 5.97 Å². The molecule has 2 atom stereocenters. The zero-order valence-corrected chi connectivity index (χ0v) is 16.5. The van der Waals surface area contributed by atoms with Gasteiger partial charge in [-0.05, 0) is 35.7 Å². The molecular formula is C24H26N2O3. The lowest BCUT2D eigenvalue weighted by Crippen LogP contribution is -2.45. The summed E-state index contributed by atoms with van der Waals surface area (Å²) in [5.74, 6) is -0.441. The molecule has 0 aliphatic carbocycles. The number of esters is 1. The van der Waals surface area contributed by atoms with Crippen LogP contribution in [-0.4, -0.2) is 33.6 Å². The van der Waals surface area contributed by atoms with E-state index in [0.717, 1.165) is 11.1 Å². The molecule has 1 N–H and O–H groups in total. The summed E-state index contributed by atoms with van der Waals surface area (Å²) in [7, 11) is 0. The second-order valence-corrected chi connectivity index (χ2v) is 6.80. The van der Waals surface area contributed by atoms with Crippen LogP contribution in [0.2, 0.25) is 0 Å². The third-order valence-electron chi connectivity index (χ3n) is 4.73. The SMILES string of the molecule is CCOC(=O)[C@H]([C@H](O)c1ccncc1)N(Cc1ccccc1)Cc1ccccc1. The molecular weight excluding hydrogens is 364 g/mol. The molecule has 0 radical (unpaired) electrons. The zero-order chi connectivity index (χ0) is 20.5. The average Bonchev–Trinajstić information content (AvgIpc) is 2.76. The Morgan fingerprint density at radius 3 is 1.93 bits per heavy atom. The van der Waals surface area contributed by atoms with Crippen molar-refractivity contribution in [2.45, 2.75) is 32.2 Å². The maximum Gasteiger partial charge on any atom is 0.326 e. The fourth-order valence-electron chi connectivity index (χ4n) is 3.34. The number of hydrogen-bond donors (Lipinski definition) is 1. The average molecular weight is 390 g/mol. The van der Waals surface area contributed by atoms with Gasteiger partial charge in [0.1, 0.15) is 12.1 Å². The number of carbonyl (C=O) groups excluding carboxylic acids is 1. The van der Waals surface area contributed by atoms with Gasteiger partial charge < -0.3 is 9.84 Å². The molecule has 5 nitrogen and oxygen atoms in total. The van der Waals surface area contributed by atoms with E-state index in [9.17, 15) is 9.90 Å². The summed E-state index contributed by atoms with van der Waals surface area (Å²) in [4.78, 5) is 18.9. The van der Waals surface area contributed by atoms with Crippen molar-refractivity contribution in [2.24, 2.45) is 0 Å². The largest absolute Gasteiger partial charge is 0.465 e. The Balaban J connectivity index is 1.96. The van der Waals surface area contributed by atoms with Crippen LogP contribution in [0.5, 0.6) is 0 Å². The Kier molecular flexibility index (Phi) is 7.50. The van der Waals surface area contributed by atoms with Crippen LogP contribution < -0.4 is 0 Å². The molecule has 1 aromatic heterocycles. The first-order valence-corrected chi connectivity index (χ1v) is 9.75. The molecule has 0 saturated carbocycles. The Bertz CT molecular complexity index is 831. The van der Waals surface area contributed by atoms with E-state index in [1.54, 1.807) is 31.5 Å². The van der Waals surface area contributed by atoms with Crippen molar-refractivity contribution in [2.75, 3.05) is 6.61 Å². The van der Waals surface area contributed by atoms with Crippen LogP contribution in [0.4, 0.5) is 0 Å². The highest BCUT2D eigenvalue weighted by Gasteiger charge is 2.35. The predicted molar refractivity (Wildman–Crippen MR) is 112 cm³/mol. The number of pyridine rings is 1. The lowest BCUT2D eigenvalue weighted by Gasteiger charge is -2.33. The van der Waals surface area contributed by atoms with Crippen LogP contribution >= 0.6 is 0 Å². The van der Waals surface area contributed by atoms with Crippen molar-refractivity contribution in [3.05, 3.63) is 102 Å². The summed E-state index contributed by atoms with van der Waals surface area (Å²) in [6.45, 7) is 3.03. The Morgan fingerprint density at radius 1 is 0.931 bits per heavy atom. The molecule has 3 rings (SSSR count). The van der Waals surface area contributed by atoms with Crippen molar-refractivity contribution in [1.29, 1.82) is 0 Å². The lowest BCUT2D eigenvalue weighted by molar-refractivity contribution is -0.155. The maximum absolute atomic E-state index is 12.9. The second-order valence-electron chi connectivity index (χ2n) is 6.80. The normalized spacial score (nSPS) is 13.1. The fourth-order valence-corrected chi connectivity index (χ4v) is 3.34. The zero-order valence-electron chi connectivity index (χ0n) is 16.5. The van der Waals surface area contributed by atoms with Crippen LogP contribution in [0.15, 0.2) is 85.2 Å². The summed E-state index contributed by atoms with van der Waals surface area (Å²) in [6, 6.07) is 22.4. The Morgan fingerprint density at radius 2 is 1.45 bits per heavy atom. The van der Waals surface area contributed by atoms with Gasteiger partial charge in [-0.3, -0.25) is 14.7 Å². The number of rotatable bonds is 9. The van der Waals surface area contributed by atoms with Gasteiger partial charge in [-0.1, -0.05) is 60.7 Å². The first-order chi connectivity index (χ1) is 14.2. The van der Waals surface area contributed by atoms with E-state index in [0.29, 0.717) is 18.7 Å². The van der Waals surface area contributed by atoms with Gasteiger partial charge in [0.15, 0.2) is 0 Å². The van der Waals surface area contributed by atoms with Gasteiger partial charge >= 0.3 is 5.97 Å². The van der Waals surface area contributed by atoms with Gasteiger partial charge in [0, 0.05) is 25.5 Å². The van der Waals surface area contributed by atoms with Crippen molar-refractivity contribution in [3.63, 3.8) is 0 Å². The molecule has 0 amide bonds. The van der Waals surface area contributed by atoms with Gasteiger partial charge in [0.25, 0.3) is 0 Å². The van der Waals surface area contributed by atoms with E-state index < -0.39 is 18.1 Å². The number of aliphatic hydroxyl groups is 1. The number of carbonyl (C=O) groups is 1. The van der Waals surface area contributed by atoms with E-state index in [1.807, 2.05) is 65.6 Å². The van der Waals surface area contributed by atoms with Crippen LogP contribution in [0.3, 0.4) is 0 Å². The summed E-state index contributed by atoms with van der Waals surface area (Å²) >= 11 is 0. The molecule has 5 heteroatoms. The molecule has 29 heavy (non-hydrogen) atoms. The number of ether oxygens (including phenoxy) is 1. The molecule has 3 aromatic rings. The highest BCUT2D eigenvalue weighted by Crippen LogP contribution is 2.25. The summed E-state index contributed by atoms with van der Waals surface area (Å²) in [5.41, 5.74) is 2.74. The van der Waals surface area contributed by atoms with E-state index in [-0.39, 0.29) is 6.61 Å². The first-order valence-electron chi connectivity index (χ1n) is 9.75. The predicted octanol–water partition coefficient (Wildman–Crippen LogP) is 3.75. The Hall–Kier alpha value is -3.02. The topological polar surface area (TPSA) is 62.7 Å². The number of aromatic nitrogens is 1. The third kappa shape index (κ3) is 5.73. The van der Waals surface area contributed by atoms with E-state index >= 15 is 0 Å². The third-order valence-corrected chi connectivity index (χ3v) is 4.73. The number of benzene rings is 2. The van der Waals surface area contributed by atoms with Crippen LogP contribution in [0.25, 0.3) is 0 Å². The van der Waals surface area contributed by atoms with Gasteiger partial charge in [0.05, 0.1) is 6.61 Å². The van der Waals surface area contributed by atoms with E-state index in [2.05, 4.69) is 4.98 Å². The molecule has 0 aliphatic rings. The molecule has 0 unspecified atom stereocenters. The standard InChI is InChI=1S/C24H26N2O3/c1-2-29-24(28)22(23(27)21-13-15-25-16-14-21)26(17-19-9-5-3-6-10-19)18-20-11-7-4-8-12-20/h3-16,22-23,27H,2,17-18H2,1H3/t22-,23+/m0/s1. The molecule has 0 bridgehead atoms. The van der Waals surface area contributed by atoms with Crippen LogP contribution in [0, 0.1) is 0 Å². The van der Waals surface area contributed by atoms with Crippen LogP contribution in [0.1, 0.15) is 29.7 Å². The van der Waals surface area contributed by atoms with E-state index in [4.69, 9.17) is 4.74 Å². The molecule has 0 aliphatic heterocycles. The summed E-state index contributed by atoms with van der Waals surface area (Å²) in [5, 5.41) is 11.1. The molecule has 150 valence electrons. The van der Waals surface area contributed by atoms with Gasteiger partial charge in [-0.15, -0.1) is 0 Å². The summed E-state index contributed by atoms with van der Waals surface area (Å²) in [6.07, 6.45) is 2.18. The second kappa shape index (κ2) is 10.5. The van der Waals surface area contributed by atoms with Crippen molar-refractivity contribution in [1.82, 2.24) is 9.88 Å². The highest BCUT2D eigenvalue weighted by molar-refractivity contribution is 5.77. The Labute approximate surface area is 171 Å². The fraction of sp³-hybridized carbons (Fsp3) is 0.250. The van der Waals surface area contributed by atoms with Crippen molar-refractivity contribution in [3.8, 4) is 0 Å². The highest BCUT2D eigenvalue weighted by atomic mass is 16.5. The molecule has 2 aromatic carbocycles. The van der Waals surface area contributed by atoms with Gasteiger partial charge in [-0.25, -0.2) is 0 Å². The van der Waals surface area contributed by atoms with E-state index in [1.165, 1.54) is 0 Å². The summed E-state index contributed by atoms with van der Waals surface area (Å²) < 4.78 is 5.35. The first kappa shape index (κ1) is 20.7. The minimum atomic E-state index is -1.04. The van der Waals surface area contributed by atoms with Crippen LogP contribution in [-0.2, 0) is 22.6 Å². The molecule has 0 saturated heterocycles. The lowest BCUT2D eigenvalue weighted by atomic mass is 10.00. The van der Waals surface area contributed by atoms with Gasteiger partial charge in [0.2, 0.25) is 0 Å². The number of nitrogens with zero attached hydrogens (tertiary/aromatic N) is 2. The van der Waals surface area contributed by atoms with Crippen molar-refractivity contribution < 1.29 is 14.6 Å². The monoisotopic (exact) mass is 390 g/mol. The van der Waals surface area contributed by atoms with Gasteiger partial charge in [-0.2, -0.15) is 0 Å². The quantitative estimate of drug-likeness (QED) is 0.564. The number of aliphatic hydroxyl groups excluding tert-OH is 1. The minimum Gasteiger partial charge on any atom is -0.465 e. The smallest absolute Gasteiger partial charge is 0.326 e.